The summed E-state index contributed by atoms with van der Waals surface area (Å²) in [5, 5.41) is 20.7. The lowest BCUT2D eigenvalue weighted by Gasteiger charge is -2.05. The molecule has 0 aliphatic rings. The van der Waals surface area contributed by atoms with Crippen LogP contribution in [-0.4, -0.2) is 28.0 Å². The number of halogens is 1. The zero-order chi connectivity index (χ0) is 15.5. The van der Waals surface area contributed by atoms with E-state index in [9.17, 15) is 0 Å². The minimum atomic E-state index is -0.281. The second kappa shape index (κ2) is 6.74. The summed E-state index contributed by atoms with van der Waals surface area (Å²) < 4.78 is 7.22. The first-order valence-corrected chi connectivity index (χ1v) is 8.35. The minimum Gasteiger partial charge on any atom is -0.467 e. The number of fused-ring (bicyclic) bond motifs is 1. The fourth-order valence-electron chi connectivity index (χ4n) is 2.08. The lowest BCUT2D eigenvalue weighted by atomic mass is 10.2. The summed E-state index contributed by atoms with van der Waals surface area (Å²) >= 11 is 5.16. The predicted octanol–water partition coefficient (Wildman–Crippen LogP) is 2.52. The molecule has 3 heterocycles. The molecule has 3 rings (SSSR count). The van der Waals surface area contributed by atoms with Crippen molar-refractivity contribution in [2.75, 3.05) is 11.9 Å². The Labute approximate surface area is 139 Å². The molecular weight excluding hydrogens is 368 g/mol. The van der Waals surface area contributed by atoms with E-state index in [2.05, 4.69) is 31.4 Å². The number of thiophene rings is 1. The molecule has 3 aromatic heterocycles. The van der Waals surface area contributed by atoms with Crippen molar-refractivity contribution in [3.8, 4) is 0 Å². The van der Waals surface area contributed by atoms with Gasteiger partial charge in [-0.25, -0.2) is 0 Å². The SMILES string of the molecule is N[C@@H](CO)Cc1sc2c(NCc3ccco3)cnnc2c1Br. The average Bonchev–Trinajstić information content (AvgIpc) is 3.15. The number of anilines is 1. The van der Waals surface area contributed by atoms with Crippen molar-refractivity contribution in [1.82, 2.24) is 10.2 Å². The van der Waals surface area contributed by atoms with E-state index in [4.69, 9.17) is 15.3 Å². The van der Waals surface area contributed by atoms with Gasteiger partial charge >= 0.3 is 0 Å². The van der Waals surface area contributed by atoms with Crippen molar-refractivity contribution in [3.63, 3.8) is 0 Å². The maximum atomic E-state index is 9.12. The number of aromatic nitrogens is 2. The molecule has 0 saturated carbocycles. The van der Waals surface area contributed by atoms with E-state index in [0.717, 1.165) is 31.0 Å². The summed E-state index contributed by atoms with van der Waals surface area (Å²) in [6.07, 6.45) is 3.94. The van der Waals surface area contributed by atoms with Crippen molar-refractivity contribution < 1.29 is 9.52 Å². The number of furan rings is 1. The van der Waals surface area contributed by atoms with E-state index >= 15 is 0 Å². The lowest BCUT2D eigenvalue weighted by molar-refractivity contribution is 0.265. The molecule has 0 fully saturated rings. The quantitative estimate of drug-likeness (QED) is 0.605. The molecule has 0 saturated heterocycles. The second-order valence-electron chi connectivity index (χ2n) is 4.85. The van der Waals surface area contributed by atoms with E-state index in [0.29, 0.717) is 13.0 Å². The van der Waals surface area contributed by atoms with Gasteiger partial charge in [0.15, 0.2) is 0 Å². The van der Waals surface area contributed by atoms with E-state index in [1.807, 2.05) is 12.1 Å². The minimum absolute atomic E-state index is 0.0457. The Balaban J connectivity index is 1.89. The molecule has 4 N–H and O–H groups in total. The normalized spacial score (nSPS) is 12.7. The number of hydrogen-bond acceptors (Lipinski definition) is 7. The Morgan fingerprint density at radius 3 is 3.09 bits per heavy atom. The van der Waals surface area contributed by atoms with Crippen LogP contribution in [0.2, 0.25) is 0 Å². The van der Waals surface area contributed by atoms with Gasteiger partial charge in [-0.3, -0.25) is 0 Å². The smallest absolute Gasteiger partial charge is 0.122 e. The van der Waals surface area contributed by atoms with Crippen LogP contribution in [0.5, 0.6) is 0 Å². The van der Waals surface area contributed by atoms with Crippen LogP contribution in [0.1, 0.15) is 10.6 Å². The van der Waals surface area contributed by atoms with E-state index in [-0.39, 0.29) is 12.6 Å². The highest BCUT2D eigenvalue weighted by Gasteiger charge is 2.16. The Hall–Kier alpha value is -1.48. The van der Waals surface area contributed by atoms with Gasteiger partial charge in [0.2, 0.25) is 0 Å². The van der Waals surface area contributed by atoms with Gasteiger partial charge in [-0.2, -0.15) is 5.10 Å². The Bertz CT molecular complexity index is 760. The molecule has 6 nitrogen and oxygen atoms in total. The highest BCUT2D eigenvalue weighted by Crippen LogP contribution is 2.38. The largest absolute Gasteiger partial charge is 0.467 e. The second-order valence-corrected chi connectivity index (χ2v) is 6.75. The van der Waals surface area contributed by atoms with Crippen LogP contribution in [0.3, 0.4) is 0 Å². The summed E-state index contributed by atoms with van der Waals surface area (Å²) in [5.74, 6) is 0.850. The monoisotopic (exact) mass is 382 g/mol. The van der Waals surface area contributed by atoms with E-state index in [1.165, 1.54) is 0 Å². The third kappa shape index (κ3) is 3.14. The molecule has 116 valence electrons. The molecule has 0 radical (unpaired) electrons. The lowest BCUT2D eigenvalue weighted by Crippen LogP contribution is -2.26. The molecule has 22 heavy (non-hydrogen) atoms. The molecule has 0 aliphatic carbocycles. The molecular formula is C14H15BrN4O2S. The Kier molecular flexibility index (Phi) is 4.72. The first kappa shape index (κ1) is 15.4. The molecule has 0 spiro atoms. The van der Waals surface area contributed by atoms with Gasteiger partial charge in [0.1, 0.15) is 11.3 Å². The van der Waals surface area contributed by atoms with Gasteiger partial charge in [0.25, 0.3) is 0 Å². The van der Waals surface area contributed by atoms with Crippen LogP contribution in [0.25, 0.3) is 10.2 Å². The predicted molar refractivity (Wildman–Crippen MR) is 89.9 cm³/mol. The number of nitrogens with zero attached hydrogens (tertiary/aromatic N) is 2. The number of aliphatic hydroxyl groups excluding tert-OH is 1. The first-order chi connectivity index (χ1) is 10.7. The van der Waals surface area contributed by atoms with Crippen LogP contribution in [0, 0.1) is 0 Å². The number of aliphatic hydroxyl groups is 1. The third-order valence-corrected chi connectivity index (χ3v) is 5.55. The van der Waals surface area contributed by atoms with E-state index in [1.54, 1.807) is 23.8 Å². The molecule has 3 aromatic rings. The highest BCUT2D eigenvalue weighted by atomic mass is 79.9. The van der Waals surface area contributed by atoms with Gasteiger partial charge in [0.05, 0.1) is 40.5 Å². The molecule has 0 aliphatic heterocycles. The van der Waals surface area contributed by atoms with Gasteiger partial charge < -0.3 is 20.6 Å². The van der Waals surface area contributed by atoms with Crippen LogP contribution in [0.4, 0.5) is 5.69 Å². The number of nitrogens with one attached hydrogen (secondary N) is 1. The first-order valence-electron chi connectivity index (χ1n) is 6.74. The van der Waals surface area contributed by atoms with Gasteiger partial charge in [-0.1, -0.05) is 0 Å². The Morgan fingerprint density at radius 1 is 1.50 bits per heavy atom. The van der Waals surface area contributed by atoms with Crippen LogP contribution in [-0.2, 0) is 13.0 Å². The Morgan fingerprint density at radius 2 is 2.36 bits per heavy atom. The zero-order valence-electron chi connectivity index (χ0n) is 11.6. The summed E-state index contributed by atoms with van der Waals surface area (Å²) in [7, 11) is 0. The molecule has 0 aromatic carbocycles. The topological polar surface area (TPSA) is 97.2 Å². The summed E-state index contributed by atoms with van der Waals surface area (Å²) in [4.78, 5) is 1.05. The summed E-state index contributed by atoms with van der Waals surface area (Å²) in [5.41, 5.74) is 7.53. The van der Waals surface area contributed by atoms with Gasteiger partial charge in [-0.05, 0) is 28.1 Å². The van der Waals surface area contributed by atoms with Gasteiger partial charge in [-0.15, -0.1) is 16.4 Å². The van der Waals surface area contributed by atoms with Crippen molar-refractivity contribution in [1.29, 1.82) is 0 Å². The molecule has 1 atom stereocenters. The van der Waals surface area contributed by atoms with E-state index < -0.39 is 0 Å². The molecule has 8 heteroatoms. The molecule has 0 bridgehead atoms. The summed E-state index contributed by atoms with van der Waals surface area (Å²) in [6, 6.07) is 3.49. The van der Waals surface area contributed by atoms with Gasteiger partial charge in [0, 0.05) is 17.3 Å². The fourth-order valence-corrected chi connectivity index (χ4v) is 4.10. The average molecular weight is 383 g/mol. The zero-order valence-corrected chi connectivity index (χ0v) is 14.0. The maximum Gasteiger partial charge on any atom is 0.122 e. The number of rotatable bonds is 6. The standard InChI is InChI=1S/C14H15BrN4O2S/c15-12-11(4-8(16)7-20)22-14-10(6-18-19-13(12)14)17-5-9-2-1-3-21-9/h1-3,6,8,20H,4-5,7,16H2,(H,17,19)/t8-/m1/s1. The van der Waals surface area contributed by atoms with Crippen molar-refractivity contribution in [3.05, 3.63) is 39.7 Å². The van der Waals surface area contributed by atoms with Crippen LogP contribution < -0.4 is 11.1 Å². The summed E-state index contributed by atoms with van der Waals surface area (Å²) in [6.45, 7) is 0.533. The molecule has 0 amide bonds. The highest BCUT2D eigenvalue weighted by molar-refractivity contribution is 9.10. The molecule has 0 unspecified atom stereocenters. The maximum absolute atomic E-state index is 9.12. The van der Waals surface area contributed by atoms with Crippen LogP contribution >= 0.6 is 27.3 Å². The third-order valence-electron chi connectivity index (χ3n) is 3.20. The van der Waals surface area contributed by atoms with Crippen LogP contribution in [0.15, 0.2) is 33.5 Å². The number of hydrogen-bond donors (Lipinski definition) is 3. The van der Waals surface area contributed by atoms with Crippen molar-refractivity contribution in [2.24, 2.45) is 5.73 Å². The van der Waals surface area contributed by atoms with Crippen molar-refractivity contribution in [2.45, 2.75) is 19.0 Å². The fraction of sp³-hybridized carbons (Fsp3) is 0.286. The van der Waals surface area contributed by atoms with Crippen molar-refractivity contribution >= 4 is 43.2 Å². The number of nitrogens with two attached hydrogens (primary N) is 1.